The van der Waals surface area contributed by atoms with Gasteiger partial charge in [0.1, 0.15) is 0 Å². The molecular weight excluding hydrogens is 208 g/mol. The van der Waals surface area contributed by atoms with Crippen LogP contribution in [0.4, 0.5) is 0 Å². The highest BCUT2D eigenvalue weighted by molar-refractivity contribution is 5.95. The van der Waals surface area contributed by atoms with Gasteiger partial charge in [-0.15, -0.1) is 0 Å². The summed E-state index contributed by atoms with van der Waals surface area (Å²) in [4.78, 5) is 22.3. The molecule has 0 fully saturated rings. The van der Waals surface area contributed by atoms with Gasteiger partial charge in [0.05, 0.1) is 19.8 Å². The molecule has 1 aromatic carbocycles. The molecule has 0 bridgehead atoms. The highest BCUT2D eigenvalue weighted by atomic mass is 16.5. The SMILES string of the molecule is COC(=O)C=Cc1ccccc1C(=O)OC. The lowest BCUT2D eigenvalue weighted by molar-refractivity contribution is -0.134. The van der Waals surface area contributed by atoms with E-state index in [0.29, 0.717) is 11.1 Å². The highest BCUT2D eigenvalue weighted by Gasteiger charge is 2.08. The fourth-order valence-electron chi connectivity index (χ4n) is 1.16. The molecule has 4 nitrogen and oxygen atoms in total. The molecule has 16 heavy (non-hydrogen) atoms. The van der Waals surface area contributed by atoms with Crippen molar-refractivity contribution in [3.63, 3.8) is 0 Å². The molecule has 0 radical (unpaired) electrons. The number of esters is 2. The minimum Gasteiger partial charge on any atom is -0.466 e. The maximum Gasteiger partial charge on any atom is 0.338 e. The van der Waals surface area contributed by atoms with E-state index in [4.69, 9.17) is 0 Å². The molecule has 0 heterocycles. The van der Waals surface area contributed by atoms with E-state index >= 15 is 0 Å². The van der Waals surface area contributed by atoms with Crippen LogP contribution in [0.15, 0.2) is 30.3 Å². The molecule has 84 valence electrons. The first-order chi connectivity index (χ1) is 7.69. The summed E-state index contributed by atoms with van der Waals surface area (Å²) in [6, 6.07) is 6.83. The van der Waals surface area contributed by atoms with Crippen molar-refractivity contribution in [2.75, 3.05) is 14.2 Å². The van der Waals surface area contributed by atoms with Gasteiger partial charge < -0.3 is 9.47 Å². The van der Waals surface area contributed by atoms with Crippen molar-refractivity contribution in [3.05, 3.63) is 41.5 Å². The van der Waals surface area contributed by atoms with Crippen LogP contribution in [0, 0.1) is 0 Å². The van der Waals surface area contributed by atoms with Gasteiger partial charge in [-0.3, -0.25) is 0 Å². The summed E-state index contributed by atoms with van der Waals surface area (Å²) in [5.74, 6) is -0.912. The van der Waals surface area contributed by atoms with Crippen LogP contribution >= 0.6 is 0 Å². The van der Waals surface area contributed by atoms with Gasteiger partial charge in [0.25, 0.3) is 0 Å². The predicted molar refractivity (Wildman–Crippen MR) is 58.8 cm³/mol. The number of hydrogen-bond acceptors (Lipinski definition) is 4. The molecule has 1 aromatic rings. The summed E-state index contributed by atoms with van der Waals surface area (Å²) in [6.45, 7) is 0. The lowest BCUT2D eigenvalue weighted by atomic mass is 10.1. The van der Waals surface area contributed by atoms with Crippen LogP contribution in [-0.4, -0.2) is 26.2 Å². The van der Waals surface area contributed by atoms with Crippen molar-refractivity contribution in [1.82, 2.24) is 0 Å². The molecular formula is C12H12O4. The van der Waals surface area contributed by atoms with Crippen molar-refractivity contribution in [1.29, 1.82) is 0 Å². The van der Waals surface area contributed by atoms with Gasteiger partial charge in [0, 0.05) is 6.08 Å². The molecule has 0 aliphatic heterocycles. The van der Waals surface area contributed by atoms with Crippen LogP contribution in [0.25, 0.3) is 6.08 Å². The standard InChI is InChI=1S/C12H12O4/c1-15-11(13)8-7-9-5-3-4-6-10(9)12(14)16-2/h3-8H,1-2H3. The molecule has 0 N–H and O–H groups in total. The monoisotopic (exact) mass is 220 g/mol. The van der Waals surface area contributed by atoms with E-state index in [1.807, 2.05) is 0 Å². The van der Waals surface area contributed by atoms with Gasteiger partial charge in [0.2, 0.25) is 0 Å². The van der Waals surface area contributed by atoms with Crippen LogP contribution in [0.2, 0.25) is 0 Å². The first-order valence-corrected chi connectivity index (χ1v) is 4.62. The van der Waals surface area contributed by atoms with Gasteiger partial charge >= 0.3 is 11.9 Å². The molecule has 0 aromatic heterocycles. The number of ether oxygens (including phenoxy) is 2. The maximum absolute atomic E-state index is 11.4. The van der Waals surface area contributed by atoms with Gasteiger partial charge in [0.15, 0.2) is 0 Å². The minimum atomic E-state index is -0.473. The zero-order chi connectivity index (χ0) is 12.0. The smallest absolute Gasteiger partial charge is 0.338 e. The van der Waals surface area contributed by atoms with E-state index < -0.39 is 11.9 Å². The summed E-state index contributed by atoms with van der Waals surface area (Å²) < 4.78 is 9.08. The van der Waals surface area contributed by atoms with Gasteiger partial charge in [-0.05, 0) is 17.7 Å². The third kappa shape index (κ3) is 2.95. The second kappa shape index (κ2) is 5.70. The maximum atomic E-state index is 11.4. The van der Waals surface area contributed by atoms with E-state index in [0.717, 1.165) is 0 Å². The van der Waals surface area contributed by atoms with Gasteiger partial charge in [-0.25, -0.2) is 9.59 Å². The Hall–Kier alpha value is -2.10. The van der Waals surface area contributed by atoms with E-state index in [9.17, 15) is 9.59 Å². The second-order valence-electron chi connectivity index (χ2n) is 2.94. The summed E-state index contributed by atoms with van der Waals surface area (Å²) in [5, 5.41) is 0. The van der Waals surface area contributed by atoms with E-state index in [1.54, 1.807) is 24.3 Å². The van der Waals surface area contributed by atoms with Gasteiger partial charge in [-0.1, -0.05) is 18.2 Å². The van der Waals surface area contributed by atoms with Crippen molar-refractivity contribution in [3.8, 4) is 0 Å². The fraction of sp³-hybridized carbons (Fsp3) is 0.167. The average molecular weight is 220 g/mol. The number of carbonyl (C=O) groups excluding carboxylic acids is 2. The topological polar surface area (TPSA) is 52.6 Å². The van der Waals surface area contributed by atoms with Crippen LogP contribution in [0.1, 0.15) is 15.9 Å². The molecule has 0 saturated carbocycles. The Morgan fingerprint density at radius 3 is 2.44 bits per heavy atom. The molecule has 0 aliphatic rings. The van der Waals surface area contributed by atoms with Crippen LogP contribution in [0.5, 0.6) is 0 Å². The average Bonchev–Trinajstić information content (AvgIpc) is 2.35. The predicted octanol–water partition coefficient (Wildman–Crippen LogP) is 1.66. The molecule has 0 atom stereocenters. The Balaban J connectivity index is 3.00. The Labute approximate surface area is 93.5 Å². The first-order valence-electron chi connectivity index (χ1n) is 4.62. The Morgan fingerprint density at radius 2 is 1.81 bits per heavy atom. The van der Waals surface area contributed by atoms with Crippen molar-refractivity contribution in [2.24, 2.45) is 0 Å². The lowest BCUT2D eigenvalue weighted by Crippen LogP contribution is -2.03. The summed E-state index contributed by atoms with van der Waals surface area (Å²) >= 11 is 0. The molecule has 1 rings (SSSR count). The van der Waals surface area contributed by atoms with Crippen LogP contribution < -0.4 is 0 Å². The quantitative estimate of drug-likeness (QED) is 0.574. The van der Waals surface area contributed by atoms with Crippen molar-refractivity contribution in [2.45, 2.75) is 0 Å². The molecule has 0 amide bonds. The Kier molecular flexibility index (Phi) is 4.27. The third-order valence-corrected chi connectivity index (χ3v) is 1.97. The lowest BCUT2D eigenvalue weighted by Gasteiger charge is -2.02. The Morgan fingerprint density at radius 1 is 1.12 bits per heavy atom. The highest BCUT2D eigenvalue weighted by Crippen LogP contribution is 2.11. The first kappa shape index (κ1) is 12.0. The van der Waals surface area contributed by atoms with Crippen LogP contribution in [0.3, 0.4) is 0 Å². The number of methoxy groups -OCH3 is 2. The fourth-order valence-corrected chi connectivity index (χ4v) is 1.16. The number of benzene rings is 1. The largest absolute Gasteiger partial charge is 0.466 e. The van der Waals surface area contributed by atoms with Gasteiger partial charge in [-0.2, -0.15) is 0 Å². The summed E-state index contributed by atoms with van der Waals surface area (Å²) in [7, 11) is 2.60. The van der Waals surface area contributed by atoms with E-state index in [2.05, 4.69) is 9.47 Å². The number of carbonyl (C=O) groups is 2. The zero-order valence-electron chi connectivity index (χ0n) is 9.10. The number of hydrogen-bond donors (Lipinski definition) is 0. The minimum absolute atomic E-state index is 0.408. The van der Waals surface area contributed by atoms with Crippen LogP contribution in [-0.2, 0) is 14.3 Å². The van der Waals surface area contributed by atoms with Crippen molar-refractivity contribution < 1.29 is 19.1 Å². The molecule has 0 spiro atoms. The second-order valence-corrected chi connectivity index (χ2v) is 2.94. The molecule has 4 heteroatoms. The number of rotatable bonds is 3. The summed E-state index contributed by atoms with van der Waals surface area (Å²) in [5.41, 5.74) is 1.02. The normalized spacial score (nSPS) is 10.1. The molecule has 0 aliphatic carbocycles. The van der Waals surface area contributed by atoms with Crippen molar-refractivity contribution >= 4 is 18.0 Å². The zero-order valence-corrected chi connectivity index (χ0v) is 9.10. The molecule has 0 unspecified atom stereocenters. The van der Waals surface area contributed by atoms with E-state index in [-0.39, 0.29) is 0 Å². The third-order valence-electron chi connectivity index (χ3n) is 1.97. The molecule has 0 saturated heterocycles. The summed E-state index contributed by atoms with van der Waals surface area (Å²) in [6.07, 6.45) is 2.76. The van der Waals surface area contributed by atoms with E-state index in [1.165, 1.54) is 26.4 Å². The Bertz CT molecular complexity index is 421.